The predicted molar refractivity (Wildman–Crippen MR) is 59.6 cm³/mol. The summed E-state index contributed by atoms with van der Waals surface area (Å²) in [6, 6.07) is 0. The van der Waals surface area contributed by atoms with Crippen molar-refractivity contribution in [2.24, 2.45) is 0 Å². The van der Waals surface area contributed by atoms with Gasteiger partial charge in [0.2, 0.25) is 0 Å². The molecule has 4 heteroatoms. The molecule has 0 bridgehead atoms. The van der Waals surface area contributed by atoms with E-state index in [1.165, 1.54) is 12.2 Å². The SMILES string of the molecule is CC(C)OC(=O)CN1CCCSCC1. The number of thioether (sulfide) groups is 1. The number of ether oxygens (including phenoxy) is 1. The molecule has 0 unspecified atom stereocenters. The normalized spacial score (nSPS) is 19.4. The Labute approximate surface area is 90.2 Å². The Hall–Kier alpha value is -0.220. The first-order valence-electron chi connectivity index (χ1n) is 5.18. The maximum atomic E-state index is 11.4. The van der Waals surface area contributed by atoms with E-state index in [2.05, 4.69) is 4.90 Å². The van der Waals surface area contributed by atoms with Gasteiger partial charge in [0, 0.05) is 12.3 Å². The first-order valence-corrected chi connectivity index (χ1v) is 6.33. The quantitative estimate of drug-likeness (QED) is 0.668. The fourth-order valence-corrected chi connectivity index (χ4v) is 2.36. The summed E-state index contributed by atoms with van der Waals surface area (Å²) in [5.41, 5.74) is 0. The van der Waals surface area contributed by atoms with Crippen molar-refractivity contribution in [3.63, 3.8) is 0 Å². The summed E-state index contributed by atoms with van der Waals surface area (Å²) in [5.74, 6) is 2.26. The number of rotatable bonds is 3. The van der Waals surface area contributed by atoms with Gasteiger partial charge in [-0.1, -0.05) is 0 Å². The van der Waals surface area contributed by atoms with Crippen LogP contribution >= 0.6 is 11.8 Å². The van der Waals surface area contributed by atoms with Crippen LogP contribution < -0.4 is 0 Å². The molecule has 1 heterocycles. The topological polar surface area (TPSA) is 29.5 Å². The maximum Gasteiger partial charge on any atom is 0.320 e. The third-order valence-electron chi connectivity index (χ3n) is 2.03. The van der Waals surface area contributed by atoms with E-state index >= 15 is 0 Å². The molecule has 1 aliphatic rings. The first-order chi connectivity index (χ1) is 6.68. The Morgan fingerprint density at radius 2 is 2.21 bits per heavy atom. The molecule has 0 aromatic rings. The zero-order valence-corrected chi connectivity index (χ0v) is 9.81. The Balaban J connectivity index is 2.23. The van der Waals surface area contributed by atoms with Gasteiger partial charge in [0.15, 0.2) is 0 Å². The van der Waals surface area contributed by atoms with Crippen LogP contribution in [0, 0.1) is 0 Å². The number of carbonyl (C=O) groups is 1. The van der Waals surface area contributed by atoms with E-state index < -0.39 is 0 Å². The standard InChI is InChI=1S/C10H19NO2S/c1-9(2)13-10(12)8-11-4-3-6-14-7-5-11/h9H,3-8H2,1-2H3. The molecule has 14 heavy (non-hydrogen) atoms. The van der Waals surface area contributed by atoms with Crippen molar-refractivity contribution in [3.8, 4) is 0 Å². The Morgan fingerprint density at radius 1 is 1.43 bits per heavy atom. The highest BCUT2D eigenvalue weighted by Crippen LogP contribution is 2.09. The highest BCUT2D eigenvalue weighted by Gasteiger charge is 2.14. The Bertz CT molecular complexity index is 177. The fraction of sp³-hybridized carbons (Fsp3) is 0.900. The van der Waals surface area contributed by atoms with Crippen LogP contribution in [0.4, 0.5) is 0 Å². The average molecular weight is 217 g/mol. The summed E-state index contributed by atoms with van der Waals surface area (Å²) in [4.78, 5) is 13.5. The highest BCUT2D eigenvalue weighted by molar-refractivity contribution is 7.99. The lowest BCUT2D eigenvalue weighted by Crippen LogP contribution is -2.33. The number of hydrogen-bond acceptors (Lipinski definition) is 4. The van der Waals surface area contributed by atoms with Crippen LogP contribution in [0.25, 0.3) is 0 Å². The molecule has 0 radical (unpaired) electrons. The summed E-state index contributed by atoms with van der Waals surface area (Å²) < 4.78 is 5.11. The summed E-state index contributed by atoms with van der Waals surface area (Å²) in [6.45, 7) is 6.27. The predicted octanol–water partition coefficient (Wildman–Crippen LogP) is 1.38. The molecule has 0 aliphatic carbocycles. The van der Waals surface area contributed by atoms with Crippen molar-refractivity contribution < 1.29 is 9.53 Å². The van der Waals surface area contributed by atoms with Crippen LogP contribution in [-0.2, 0) is 9.53 Å². The molecule has 0 aromatic heterocycles. The van der Waals surface area contributed by atoms with Gasteiger partial charge in [-0.15, -0.1) is 0 Å². The molecule has 1 rings (SSSR count). The molecular weight excluding hydrogens is 198 g/mol. The van der Waals surface area contributed by atoms with E-state index in [1.54, 1.807) is 0 Å². The molecule has 0 atom stereocenters. The molecule has 0 aromatic carbocycles. The molecule has 3 nitrogen and oxygen atoms in total. The van der Waals surface area contributed by atoms with Gasteiger partial charge in [0.05, 0.1) is 12.6 Å². The molecular formula is C10H19NO2S. The van der Waals surface area contributed by atoms with Gasteiger partial charge in [0.1, 0.15) is 0 Å². The van der Waals surface area contributed by atoms with Gasteiger partial charge in [-0.3, -0.25) is 9.69 Å². The van der Waals surface area contributed by atoms with Gasteiger partial charge in [-0.05, 0) is 32.6 Å². The zero-order chi connectivity index (χ0) is 10.4. The third kappa shape index (κ3) is 4.86. The van der Waals surface area contributed by atoms with E-state index in [-0.39, 0.29) is 12.1 Å². The van der Waals surface area contributed by atoms with Gasteiger partial charge in [0.25, 0.3) is 0 Å². The van der Waals surface area contributed by atoms with Crippen LogP contribution in [0.2, 0.25) is 0 Å². The van der Waals surface area contributed by atoms with Crippen molar-refractivity contribution in [2.45, 2.75) is 26.4 Å². The van der Waals surface area contributed by atoms with Gasteiger partial charge in [-0.25, -0.2) is 0 Å². The lowest BCUT2D eigenvalue weighted by Gasteiger charge is -2.18. The monoisotopic (exact) mass is 217 g/mol. The summed E-state index contributed by atoms with van der Waals surface area (Å²) in [5, 5.41) is 0. The van der Waals surface area contributed by atoms with Gasteiger partial charge in [-0.2, -0.15) is 11.8 Å². The zero-order valence-electron chi connectivity index (χ0n) is 8.99. The minimum atomic E-state index is -0.0908. The van der Waals surface area contributed by atoms with Crippen LogP contribution in [0.3, 0.4) is 0 Å². The molecule has 0 saturated carbocycles. The second-order valence-electron chi connectivity index (χ2n) is 3.78. The van der Waals surface area contributed by atoms with E-state index in [9.17, 15) is 4.79 Å². The molecule has 1 aliphatic heterocycles. The number of esters is 1. The van der Waals surface area contributed by atoms with E-state index in [4.69, 9.17) is 4.74 Å². The van der Waals surface area contributed by atoms with E-state index in [1.807, 2.05) is 25.6 Å². The largest absolute Gasteiger partial charge is 0.462 e. The molecule has 82 valence electrons. The smallest absolute Gasteiger partial charge is 0.320 e. The molecule has 1 fully saturated rings. The summed E-state index contributed by atoms with van der Waals surface area (Å²) in [7, 11) is 0. The molecule has 0 N–H and O–H groups in total. The Morgan fingerprint density at radius 3 is 2.93 bits per heavy atom. The molecule has 0 spiro atoms. The van der Waals surface area contributed by atoms with Crippen molar-refractivity contribution in [2.75, 3.05) is 31.1 Å². The Kier molecular flexibility index (Phi) is 5.33. The van der Waals surface area contributed by atoms with Crippen LogP contribution in [0.5, 0.6) is 0 Å². The summed E-state index contributed by atoms with van der Waals surface area (Å²) >= 11 is 1.97. The second-order valence-corrected chi connectivity index (χ2v) is 5.01. The number of carbonyl (C=O) groups excluding carboxylic acids is 1. The lowest BCUT2D eigenvalue weighted by molar-refractivity contribution is -0.148. The van der Waals surface area contributed by atoms with Crippen molar-refractivity contribution >= 4 is 17.7 Å². The van der Waals surface area contributed by atoms with Crippen LogP contribution in [0.15, 0.2) is 0 Å². The van der Waals surface area contributed by atoms with Crippen LogP contribution in [-0.4, -0.2) is 48.1 Å². The minimum Gasteiger partial charge on any atom is -0.462 e. The number of hydrogen-bond donors (Lipinski definition) is 0. The average Bonchev–Trinajstić information content (AvgIpc) is 2.31. The first kappa shape index (κ1) is 11.9. The lowest BCUT2D eigenvalue weighted by atomic mass is 10.4. The second kappa shape index (κ2) is 6.30. The highest BCUT2D eigenvalue weighted by atomic mass is 32.2. The maximum absolute atomic E-state index is 11.4. The molecule has 1 saturated heterocycles. The van der Waals surface area contributed by atoms with E-state index in [0.29, 0.717) is 6.54 Å². The third-order valence-corrected chi connectivity index (χ3v) is 3.08. The molecule has 0 amide bonds. The van der Waals surface area contributed by atoms with E-state index in [0.717, 1.165) is 18.8 Å². The van der Waals surface area contributed by atoms with Gasteiger partial charge >= 0.3 is 5.97 Å². The van der Waals surface area contributed by atoms with Gasteiger partial charge < -0.3 is 4.74 Å². The summed E-state index contributed by atoms with van der Waals surface area (Å²) in [6.07, 6.45) is 1.18. The minimum absolute atomic E-state index is 0.00357. The van der Waals surface area contributed by atoms with Crippen molar-refractivity contribution in [1.29, 1.82) is 0 Å². The van der Waals surface area contributed by atoms with Crippen LogP contribution in [0.1, 0.15) is 20.3 Å². The fourth-order valence-electron chi connectivity index (χ4n) is 1.44. The van der Waals surface area contributed by atoms with Crippen molar-refractivity contribution in [1.82, 2.24) is 4.90 Å². The number of nitrogens with zero attached hydrogens (tertiary/aromatic N) is 1. The van der Waals surface area contributed by atoms with Crippen molar-refractivity contribution in [3.05, 3.63) is 0 Å².